The lowest BCUT2D eigenvalue weighted by molar-refractivity contribution is -0.128. The summed E-state index contributed by atoms with van der Waals surface area (Å²) in [7, 11) is 0. The third kappa shape index (κ3) is 5.47. The molecule has 0 radical (unpaired) electrons. The van der Waals surface area contributed by atoms with Crippen LogP contribution in [0, 0.1) is 5.82 Å². The molecule has 0 spiro atoms. The van der Waals surface area contributed by atoms with Gasteiger partial charge in [0.05, 0.1) is 5.75 Å². The first-order valence-corrected chi connectivity index (χ1v) is 10.1. The Morgan fingerprint density at radius 1 is 1.04 bits per heavy atom. The number of benzene rings is 2. The predicted molar refractivity (Wildman–Crippen MR) is 105 cm³/mol. The molecule has 1 amide bonds. The zero-order valence-electron chi connectivity index (χ0n) is 14.5. The molecular weight excluding hydrogens is 371 g/mol. The lowest BCUT2D eigenvalue weighted by Gasteiger charge is -2.22. The van der Waals surface area contributed by atoms with Crippen LogP contribution in [0.5, 0.6) is 0 Å². The minimum absolute atomic E-state index is 0.0756. The molecule has 0 bridgehead atoms. The fourth-order valence-corrected chi connectivity index (χ4v) is 3.99. The van der Waals surface area contributed by atoms with Gasteiger partial charge in [-0.05, 0) is 36.2 Å². The Morgan fingerprint density at radius 2 is 1.81 bits per heavy atom. The van der Waals surface area contributed by atoms with Gasteiger partial charge in [0.1, 0.15) is 5.82 Å². The van der Waals surface area contributed by atoms with Gasteiger partial charge in [-0.15, -0.1) is 11.8 Å². The van der Waals surface area contributed by atoms with E-state index in [9.17, 15) is 9.18 Å². The van der Waals surface area contributed by atoms with Gasteiger partial charge in [-0.3, -0.25) is 9.69 Å². The van der Waals surface area contributed by atoms with Gasteiger partial charge in [0.15, 0.2) is 0 Å². The Balaban J connectivity index is 1.49. The Bertz CT molecular complexity index is 741. The van der Waals surface area contributed by atoms with E-state index in [0.717, 1.165) is 37.6 Å². The molecule has 0 N–H and O–H groups in total. The third-order valence-corrected chi connectivity index (χ3v) is 5.73. The highest BCUT2D eigenvalue weighted by molar-refractivity contribution is 8.00. The van der Waals surface area contributed by atoms with E-state index in [1.54, 1.807) is 18.2 Å². The summed E-state index contributed by atoms with van der Waals surface area (Å²) in [6, 6.07) is 14.5. The highest BCUT2D eigenvalue weighted by atomic mass is 35.5. The molecule has 0 saturated carbocycles. The molecule has 26 heavy (non-hydrogen) atoms. The lowest BCUT2D eigenvalue weighted by atomic mass is 10.2. The first-order valence-electron chi connectivity index (χ1n) is 8.74. The number of rotatable bonds is 5. The normalized spacial score (nSPS) is 15.7. The van der Waals surface area contributed by atoms with E-state index in [1.807, 2.05) is 29.2 Å². The molecule has 138 valence electrons. The number of amides is 1. The maximum atomic E-state index is 13.7. The molecule has 1 fully saturated rings. The Kier molecular flexibility index (Phi) is 6.94. The number of hydrogen-bond acceptors (Lipinski definition) is 3. The number of carbonyl (C=O) groups is 1. The summed E-state index contributed by atoms with van der Waals surface area (Å²) >= 11 is 7.20. The van der Waals surface area contributed by atoms with Crippen molar-refractivity contribution in [3.63, 3.8) is 0 Å². The standard InChI is InChI=1S/C20H22ClFN2OS/c21-17-8-6-16(7-9-17)14-23-10-3-11-24(13-12-23)20(25)15-26-19-5-2-1-4-18(19)22/h1-2,4-9H,3,10-15H2. The molecule has 6 heteroatoms. The van der Waals surface area contributed by atoms with Crippen molar-refractivity contribution in [2.24, 2.45) is 0 Å². The zero-order valence-corrected chi connectivity index (χ0v) is 16.1. The monoisotopic (exact) mass is 392 g/mol. The SMILES string of the molecule is O=C(CSc1ccccc1F)N1CCCN(Cc2ccc(Cl)cc2)CC1. The van der Waals surface area contributed by atoms with Crippen LogP contribution in [-0.2, 0) is 11.3 Å². The topological polar surface area (TPSA) is 23.6 Å². The molecular formula is C20H22ClFN2OS. The number of carbonyl (C=O) groups excluding carboxylic acids is 1. The summed E-state index contributed by atoms with van der Waals surface area (Å²) in [4.78, 5) is 17.3. The average Bonchev–Trinajstić information content (AvgIpc) is 2.88. The van der Waals surface area contributed by atoms with Crippen LogP contribution in [0.1, 0.15) is 12.0 Å². The van der Waals surface area contributed by atoms with Crippen molar-refractivity contribution >= 4 is 29.3 Å². The maximum absolute atomic E-state index is 13.7. The number of nitrogens with zero attached hydrogens (tertiary/aromatic N) is 2. The van der Waals surface area contributed by atoms with E-state index in [2.05, 4.69) is 4.90 Å². The molecule has 3 rings (SSSR count). The largest absolute Gasteiger partial charge is 0.341 e. The Hall–Kier alpha value is -1.56. The Morgan fingerprint density at radius 3 is 2.58 bits per heavy atom. The predicted octanol–water partition coefficient (Wildman–Crippen LogP) is 4.31. The van der Waals surface area contributed by atoms with Crippen LogP contribution in [0.3, 0.4) is 0 Å². The second-order valence-corrected chi connectivity index (χ2v) is 7.81. The highest BCUT2D eigenvalue weighted by Crippen LogP contribution is 2.22. The van der Waals surface area contributed by atoms with Crippen molar-refractivity contribution in [3.8, 4) is 0 Å². The fourth-order valence-electron chi connectivity index (χ4n) is 3.02. The number of halogens is 2. The van der Waals surface area contributed by atoms with Gasteiger partial charge in [0.2, 0.25) is 5.91 Å². The van der Waals surface area contributed by atoms with Gasteiger partial charge in [-0.25, -0.2) is 4.39 Å². The van der Waals surface area contributed by atoms with Crippen molar-refractivity contribution in [3.05, 3.63) is 64.9 Å². The number of thioether (sulfide) groups is 1. The summed E-state index contributed by atoms with van der Waals surface area (Å²) in [6.07, 6.45) is 0.948. The van der Waals surface area contributed by atoms with Crippen LogP contribution >= 0.6 is 23.4 Å². The van der Waals surface area contributed by atoms with Gasteiger partial charge >= 0.3 is 0 Å². The van der Waals surface area contributed by atoms with E-state index < -0.39 is 0 Å². The second kappa shape index (κ2) is 9.40. The zero-order chi connectivity index (χ0) is 18.4. The van der Waals surface area contributed by atoms with Crippen LogP contribution in [-0.4, -0.2) is 47.6 Å². The summed E-state index contributed by atoms with van der Waals surface area (Å²) in [6.45, 7) is 4.15. The van der Waals surface area contributed by atoms with Crippen LogP contribution in [0.25, 0.3) is 0 Å². The smallest absolute Gasteiger partial charge is 0.232 e. The molecule has 1 saturated heterocycles. The summed E-state index contributed by atoms with van der Waals surface area (Å²) in [5.74, 6) is 0.0832. The third-order valence-electron chi connectivity index (χ3n) is 4.45. The minimum atomic E-state index is -0.268. The van der Waals surface area contributed by atoms with Crippen molar-refractivity contribution in [1.29, 1.82) is 0 Å². The summed E-state index contributed by atoms with van der Waals surface area (Å²) < 4.78 is 13.7. The van der Waals surface area contributed by atoms with Crippen LogP contribution in [0.4, 0.5) is 4.39 Å². The molecule has 1 aliphatic rings. The first kappa shape index (κ1) is 19.2. The minimum Gasteiger partial charge on any atom is -0.341 e. The molecule has 1 aliphatic heterocycles. The molecule has 3 nitrogen and oxygen atoms in total. The van der Waals surface area contributed by atoms with Gasteiger partial charge in [-0.2, -0.15) is 0 Å². The maximum Gasteiger partial charge on any atom is 0.232 e. The van der Waals surface area contributed by atoms with Crippen molar-refractivity contribution in [2.75, 3.05) is 31.9 Å². The van der Waals surface area contributed by atoms with Crippen molar-refractivity contribution < 1.29 is 9.18 Å². The van der Waals surface area contributed by atoms with Gasteiger partial charge in [0, 0.05) is 42.6 Å². The lowest BCUT2D eigenvalue weighted by Crippen LogP contribution is -2.36. The van der Waals surface area contributed by atoms with Gasteiger partial charge in [0.25, 0.3) is 0 Å². The van der Waals surface area contributed by atoms with Crippen LogP contribution < -0.4 is 0 Å². The average molecular weight is 393 g/mol. The van der Waals surface area contributed by atoms with E-state index in [1.165, 1.54) is 23.4 Å². The van der Waals surface area contributed by atoms with E-state index in [-0.39, 0.29) is 17.5 Å². The van der Waals surface area contributed by atoms with E-state index >= 15 is 0 Å². The highest BCUT2D eigenvalue weighted by Gasteiger charge is 2.19. The molecule has 0 aliphatic carbocycles. The molecule has 0 aromatic heterocycles. The first-order chi connectivity index (χ1) is 12.6. The molecule has 0 atom stereocenters. The molecule has 2 aromatic rings. The van der Waals surface area contributed by atoms with Crippen molar-refractivity contribution in [1.82, 2.24) is 9.80 Å². The van der Waals surface area contributed by atoms with Crippen LogP contribution in [0.15, 0.2) is 53.4 Å². The summed E-state index contributed by atoms with van der Waals surface area (Å²) in [5.41, 5.74) is 1.23. The van der Waals surface area contributed by atoms with Gasteiger partial charge < -0.3 is 4.90 Å². The number of hydrogen-bond donors (Lipinski definition) is 0. The Labute approximate surface area is 163 Å². The quantitative estimate of drug-likeness (QED) is 0.708. The van der Waals surface area contributed by atoms with E-state index in [0.29, 0.717) is 11.4 Å². The molecule has 1 heterocycles. The van der Waals surface area contributed by atoms with Gasteiger partial charge in [-0.1, -0.05) is 35.9 Å². The molecule has 0 unspecified atom stereocenters. The van der Waals surface area contributed by atoms with Crippen molar-refractivity contribution in [2.45, 2.75) is 17.9 Å². The molecule has 2 aromatic carbocycles. The van der Waals surface area contributed by atoms with E-state index in [4.69, 9.17) is 11.6 Å². The fraction of sp³-hybridized carbons (Fsp3) is 0.350. The second-order valence-electron chi connectivity index (χ2n) is 6.36. The summed E-state index contributed by atoms with van der Waals surface area (Å²) in [5, 5.41) is 0.744. The van der Waals surface area contributed by atoms with Crippen LogP contribution in [0.2, 0.25) is 5.02 Å².